The van der Waals surface area contributed by atoms with E-state index in [-0.39, 0.29) is 17.9 Å². The molecule has 1 aliphatic heterocycles. The molecule has 4 atom stereocenters. The summed E-state index contributed by atoms with van der Waals surface area (Å²) in [6.07, 6.45) is 3.99. The van der Waals surface area contributed by atoms with Gasteiger partial charge >= 0.3 is 0 Å². The molecule has 0 spiro atoms. The van der Waals surface area contributed by atoms with E-state index in [9.17, 15) is 20.2 Å². The number of hydrogen-bond acceptors (Lipinski definition) is 6. The number of rotatable bonds is 3. The predicted molar refractivity (Wildman–Crippen MR) is 79.6 cm³/mol. The minimum absolute atomic E-state index is 0.0501. The summed E-state index contributed by atoms with van der Waals surface area (Å²) in [5.41, 5.74) is -2.78. The zero-order chi connectivity index (χ0) is 16.7. The second-order valence-electron chi connectivity index (χ2n) is 6.37. The molecule has 1 saturated heterocycles. The van der Waals surface area contributed by atoms with Crippen LogP contribution in [0.4, 0.5) is 0 Å². The van der Waals surface area contributed by atoms with Gasteiger partial charge in [0.1, 0.15) is 5.54 Å². The van der Waals surface area contributed by atoms with Crippen molar-refractivity contribution < 1.29 is 14.6 Å². The highest BCUT2D eigenvalue weighted by Crippen LogP contribution is 2.39. The fourth-order valence-corrected chi connectivity index (χ4v) is 3.23. The molecule has 0 aromatic rings. The maximum absolute atomic E-state index is 11.7. The van der Waals surface area contributed by atoms with Crippen LogP contribution in [0.25, 0.3) is 0 Å². The molecule has 8 heteroatoms. The molecule has 1 aliphatic carbocycles. The van der Waals surface area contributed by atoms with E-state index in [0.29, 0.717) is 13.1 Å². The van der Waals surface area contributed by atoms with Gasteiger partial charge in [0.25, 0.3) is 11.2 Å². The van der Waals surface area contributed by atoms with Gasteiger partial charge in [-0.25, -0.2) is 0 Å². The molecule has 22 heavy (non-hydrogen) atoms. The monoisotopic (exact) mass is 311 g/mol. The lowest BCUT2D eigenvalue weighted by Crippen LogP contribution is -2.67. The normalized spacial score (nSPS) is 39.4. The first-order valence-electron chi connectivity index (χ1n) is 7.21. The maximum Gasteiger partial charge on any atom is 0.272 e. The van der Waals surface area contributed by atoms with E-state index in [1.54, 1.807) is 13.0 Å². The predicted octanol–water partition coefficient (Wildman–Crippen LogP) is 1.62. The van der Waals surface area contributed by atoms with Crippen molar-refractivity contribution in [2.45, 2.75) is 51.0 Å². The van der Waals surface area contributed by atoms with Gasteiger partial charge in [-0.3, -0.25) is 25.1 Å². The number of morpholine rings is 1. The Morgan fingerprint density at radius 2 is 1.77 bits per heavy atom. The number of ether oxygens (including phenoxy) is 1. The molecule has 0 bridgehead atoms. The molecule has 2 rings (SSSR count). The van der Waals surface area contributed by atoms with Crippen molar-refractivity contribution in [1.82, 2.24) is 4.90 Å². The Hall–Kier alpha value is -1.80. The van der Waals surface area contributed by atoms with E-state index < -0.39 is 20.9 Å². The first-order chi connectivity index (χ1) is 10.1. The van der Waals surface area contributed by atoms with Gasteiger partial charge in [0.05, 0.1) is 23.2 Å². The molecule has 8 nitrogen and oxygen atoms in total. The molecule has 2 aliphatic rings. The van der Waals surface area contributed by atoms with Crippen LogP contribution in [0, 0.1) is 20.2 Å². The van der Waals surface area contributed by atoms with Crippen molar-refractivity contribution in [2.24, 2.45) is 0 Å². The molecule has 0 N–H and O–H groups in total. The fraction of sp³-hybridized carbons (Fsp3) is 0.714. The molecule has 122 valence electrons. The standard InChI is InChI=1S/C14H21N3O5/c1-10-8-15(9-11(2)22-10)13(3)6-5-12(16(18)19)7-14(13,4)17(20)21/h5-7,10-11H,8-9H2,1-4H3. The summed E-state index contributed by atoms with van der Waals surface area (Å²) in [4.78, 5) is 23.6. The zero-order valence-corrected chi connectivity index (χ0v) is 13.2. The summed E-state index contributed by atoms with van der Waals surface area (Å²) in [5.74, 6) is 0. The molecule has 0 saturated carbocycles. The number of hydrogen-bond donors (Lipinski definition) is 0. The summed E-state index contributed by atoms with van der Waals surface area (Å²) < 4.78 is 5.68. The Labute approximate surface area is 128 Å². The lowest BCUT2D eigenvalue weighted by Gasteiger charge is -2.49. The number of nitro groups is 2. The minimum Gasteiger partial charge on any atom is -0.373 e. The second kappa shape index (κ2) is 5.44. The quantitative estimate of drug-likeness (QED) is 0.580. The average Bonchev–Trinajstić information content (AvgIpc) is 2.40. The first kappa shape index (κ1) is 16.6. The van der Waals surface area contributed by atoms with Gasteiger partial charge in [0.2, 0.25) is 0 Å². The van der Waals surface area contributed by atoms with Crippen LogP contribution in [0.1, 0.15) is 27.7 Å². The molecular formula is C14H21N3O5. The summed E-state index contributed by atoms with van der Waals surface area (Å²) in [6.45, 7) is 8.10. The van der Waals surface area contributed by atoms with E-state index in [1.807, 2.05) is 18.7 Å². The summed E-state index contributed by atoms with van der Waals surface area (Å²) in [7, 11) is 0. The van der Waals surface area contributed by atoms with E-state index in [1.165, 1.54) is 13.0 Å². The van der Waals surface area contributed by atoms with E-state index in [0.717, 1.165) is 6.08 Å². The SMILES string of the molecule is CC1CN(C2(C)C=CC([N+](=O)[O-])=CC2(C)[N+](=O)[O-])CC(C)O1. The topological polar surface area (TPSA) is 98.8 Å². The third-order valence-electron chi connectivity index (χ3n) is 4.70. The maximum atomic E-state index is 11.7. The largest absolute Gasteiger partial charge is 0.373 e. The van der Waals surface area contributed by atoms with Crippen molar-refractivity contribution >= 4 is 0 Å². The van der Waals surface area contributed by atoms with Crippen molar-refractivity contribution in [3.63, 3.8) is 0 Å². The zero-order valence-electron chi connectivity index (χ0n) is 13.2. The molecular weight excluding hydrogens is 290 g/mol. The summed E-state index contributed by atoms with van der Waals surface area (Å²) in [5, 5.41) is 22.7. The summed E-state index contributed by atoms with van der Waals surface area (Å²) in [6, 6.07) is 0. The highest BCUT2D eigenvalue weighted by molar-refractivity contribution is 5.33. The van der Waals surface area contributed by atoms with Crippen LogP contribution in [0.15, 0.2) is 23.9 Å². The van der Waals surface area contributed by atoms with E-state index in [2.05, 4.69) is 0 Å². The Morgan fingerprint density at radius 3 is 2.23 bits per heavy atom. The lowest BCUT2D eigenvalue weighted by molar-refractivity contribution is -0.568. The van der Waals surface area contributed by atoms with Crippen molar-refractivity contribution in [3.8, 4) is 0 Å². The molecule has 1 heterocycles. The van der Waals surface area contributed by atoms with Crippen molar-refractivity contribution in [1.29, 1.82) is 0 Å². The van der Waals surface area contributed by atoms with Gasteiger partial charge in [0.15, 0.2) is 0 Å². The minimum atomic E-state index is -1.58. The third kappa shape index (κ3) is 2.52. The second-order valence-corrected chi connectivity index (χ2v) is 6.37. The van der Waals surface area contributed by atoms with Crippen LogP contribution in [0.2, 0.25) is 0 Å². The van der Waals surface area contributed by atoms with Crippen LogP contribution in [-0.2, 0) is 4.74 Å². The van der Waals surface area contributed by atoms with Gasteiger partial charge in [0, 0.05) is 31.0 Å². The molecule has 0 radical (unpaired) electrons. The van der Waals surface area contributed by atoms with Crippen molar-refractivity contribution in [2.75, 3.05) is 13.1 Å². The van der Waals surface area contributed by atoms with Crippen LogP contribution < -0.4 is 0 Å². The molecule has 0 aromatic carbocycles. The Bertz CT molecular complexity index is 551. The molecule has 1 fully saturated rings. The molecule has 4 unspecified atom stereocenters. The Morgan fingerprint density at radius 1 is 1.23 bits per heavy atom. The fourth-order valence-electron chi connectivity index (χ4n) is 3.23. The lowest BCUT2D eigenvalue weighted by atomic mass is 9.74. The molecule has 0 amide bonds. The van der Waals surface area contributed by atoms with E-state index >= 15 is 0 Å². The van der Waals surface area contributed by atoms with Gasteiger partial charge < -0.3 is 4.74 Å². The number of nitrogens with zero attached hydrogens (tertiary/aromatic N) is 3. The van der Waals surface area contributed by atoms with Crippen LogP contribution in [0.3, 0.4) is 0 Å². The van der Waals surface area contributed by atoms with Crippen LogP contribution in [0.5, 0.6) is 0 Å². The molecule has 0 aromatic heterocycles. The van der Waals surface area contributed by atoms with Gasteiger partial charge in [-0.2, -0.15) is 0 Å². The Balaban J connectivity index is 2.46. The Kier molecular flexibility index (Phi) is 4.09. The smallest absolute Gasteiger partial charge is 0.272 e. The van der Waals surface area contributed by atoms with E-state index in [4.69, 9.17) is 4.74 Å². The highest BCUT2D eigenvalue weighted by atomic mass is 16.6. The average molecular weight is 311 g/mol. The van der Waals surface area contributed by atoms with Gasteiger partial charge in [-0.15, -0.1) is 0 Å². The van der Waals surface area contributed by atoms with Gasteiger partial charge in [-0.05, 0) is 20.8 Å². The van der Waals surface area contributed by atoms with Crippen LogP contribution in [-0.4, -0.2) is 51.1 Å². The highest BCUT2D eigenvalue weighted by Gasteiger charge is 2.59. The van der Waals surface area contributed by atoms with Crippen LogP contribution >= 0.6 is 0 Å². The summed E-state index contributed by atoms with van der Waals surface area (Å²) >= 11 is 0. The third-order valence-corrected chi connectivity index (χ3v) is 4.70. The van der Waals surface area contributed by atoms with Gasteiger partial charge in [-0.1, -0.05) is 6.08 Å². The number of allylic oxidation sites excluding steroid dienone is 1. The first-order valence-corrected chi connectivity index (χ1v) is 7.21. The van der Waals surface area contributed by atoms with Crippen molar-refractivity contribution in [3.05, 3.63) is 44.2 Å².